The maximum absolute atomic E-state index is 13.6. The largest absolute Gasteiger partial charge is 0.461 e. The maximum Gasteiger partial charge on any atom is 0.448 e. The SMILES string of the molecule is Cc1nc(C)c([P+]2(O)OCCCO2)c(-c2ccccc2OC(F)F)c1C(=O)OCCN(C)Cc1ccccc1. The lowest BCUT2D eigenvalue weighted by Crippen LogP contribution is -2.30. The number of esters is 1. The molecule has 0 unspecified atom stereocenters. The van der Waals surface area contributed by atoms with Gasteiger partial charge in [0.15, 0.2) is 0 Å². The van der Waals surface area contributed by atoms with E-state index < -0.39 is 20.5 Å². The molecule has 0 spiro atoms. The second-order valence-electron chi connectivity index (χ2n) is 9.16. The van der Waals surface area contributed by atoms with Gasteiger partial charge in [0.05, 0.1) is 22.5 Å². The molecule has 0 radical (unpaired) electrons. The Morgan fingerprint density at radius 1 is 1.08 bits per heavy atom. The molecule has 0 amide bonds. The summed E-state index contributed by atoms with van der Waals surface area (Å²) in [6.07, 6.45) is 0.576. The van der Waals surface area contributed by atoms with Crippen LogP contribution in [-0.2, 0) is 20.3 Å². The average molecular weight is 562 g/mol. The standard InChI is InChI=1S/C28H32F2N2O6P/c1-19-24(27(33)35-17-14-32(3)18-21-10-5-4-6-11-21)25(22-12-7-8-13-23(22)38-28(29)30)26(20(2)31-19)39(34)36-15-9-16-37-39/h4-8,10-13,28,34H,9,14-18H2,1-3H3/q+1. The van der Waals surface area contributed by atoms with Crippen molar-refractivity contribution in [3.63, 3.8) is 0 Å². The van der Waals surface area contributed by atoms with Crippen molar-refractivity contribution in [3.05, 3.63) is 77.1 Å². The van der Waals surface area contributed by atoms with Crippen LogP contribution in [0.4, 0.5) is 8.78 Å². The van der Waals surface area contributed by atoms with Crippen molar-refractivity contribution in [2.45, 2.75) is 33.4 Å². The lowest BCUT2D eigenvalue weighted by atomic mass is 9.97. The molecule has 1 aromatic heterocycles. The van der Waals surface area contributed by atoms with Crippen LogP contribution in [0.2, 0.25) is 0 Å². The van der Waals surface area contributed by atoms with Gasteiger partial charge in [-0.1, -0.05) is 48.5 Å². The quantitative estimate of drug-likeness (QED) is 0.271. The van der Waals surface area contributed by atoms with Crippen LogP contribution in [0.25, 0.3) is 11.1 Å². The number of ether oxygens (including phenoxy) is 2. The molecule has 8 nitrogen and oxygen atoms in total. The van der Waals surface area contributed by atoms with Crippen molar-refractivity contribution in [2.75, 3.05) is 33.4 Å². The van der Waals surface area contributed by atoms with Crippen LogP contribution >= 0.6 is 7.94 Å². The normalized spacial score (nSPS) is 15.0. The summed E-state index contributed by atoms with van der Waals surface area (Å²) in [4.78, 5) is 31.6. The second kappa shape index (κ2) is 12.9. The van der Waals surface area contributed by atoms with Gasteiger partial charge in [-0.2, -0.15) is 22.7 Å². The molecule has 1 aliphatic heterocycles. The molecule has 1 aliphatic rings. The van der Waals surface area contributed by atoms with Crippen molar-refractivity contribution in [2.24, 2.45) is 0 Å². The van der Waals surface area contributed by atoms with Gasteiger partial charge in [0.25, 0.3) is 0 Å². The molecular weight excluding hydrogens is 529 g/mol. The second-order valence-corrected chi connectivity index (χ2v) is 11.2. The third kappa shape index (κ3) is 6.96. The van der Waals surface area contributed by atoms with E-state index in [1.807, 2.05) is 42.3 Å². The molecule has 3 aromatic rings. The van der Waals surface area contributed by atoms with Crippen LogP contribution in [0.5, 0.6) is 5.75 Å². The highest BCUT2D eigenvalue weighted by molar-refractivity contribution is 7.69. The molecule has 0 saturated carbocycles. The molecule has 2 heterocycles. The molecule has 208 valence electrons. The fourth-order valence-electron chi connectivity index (χ4n) is 4.51. The molecule has 1 N–H and O–H groups in total. The van der Waals surface area contributed by atoms with Crippen LogP contribution in [-0.4, -0.2) is 60.8 Å². The number of alkyl halides is 2. The number of aromatic nitrogens is 1. The molecule has 4 rings (SSSR count). The van der Waals surface area contributed by atoms with E-state index in [0.29, 0.717) is 30.9 Å². The molecule has 1 saturated heterocycles. The Labute approximate surface area is 227 Å². The van der Waals surface area contributed by atoms with E-state index in [2.05, 4.69) is 4.98 Å². The van der Waals surface area contributed by atoms with E-state index >= 15 is 0 Å². The van der Waals surface area contributed by atoms with Crippen molar-refractivity contribution in [1.29, 1.82) is 0 Å². The highest BCUT2D eigenvalue weighted by Gasteiger charge is 2.52. The summed E-state index contributed by atoms with van der Waals surface area (Å²) >= 11 is 0. The summed E-state index contributed by atoms with van der Waals surface area (Å²) < 4.78 is 48.6. The Morgan fingerprint density at radius 2 is 1.74 bits per heavy atom. The van der Waals surface area contributed by atoms with Gasteiger partial charge >= 0.3 is 20.5 Å². The van der Waals surface area contributed by atoms with E-state index in [1.54, 1.807) is 26.0 Å². The Morgan fingerprint density at radius 3 is 2.44 bits per heavy atom. The van der Waals surface area contributed by atoms with Crippen LogP contribution in [0.3, 0.4) is 0 Å². The van der Waals surface area contributed by atoms with E-state index in [4.69, 9.17) is 18.5 Å². The number of para-hydroxylation sites is 1. The molecule has 11 heteroatoms. The van der Waals surface area contributed by atoms with Gasteiger partial charge in [-0.15, -0.1) is 0 Å². The number of halogens is 2. The number of carbonyl (C=O) groups is 1. The third-order valence-corrected chi connectivity index (χ3v) is 8.39. The highest BCUT2D eigenvalue weighted by atomic mass is 31.2. The molecular formula is C28H32F2N2O6P+. The third-order valence-electron chi connectivity index (χ3n) is 6.21. The fraction of sp³-hybridized carbons (Fsp3) is 0.357. The number of likely N-dealkylation sites (N-methyl/N-ethyl adjacent to an activating group) is 1. The Hall–Kier alpha value is -3.01. The molecule has 0 aliphatic carbocycles. The summed E-state index contributed by atoms with van der Waals surface area (Å²) in [5, 5.41) is 0.145. The van der Waals surface area contributed by atoms with Gasteiger partial charge in [0, 0.05) is 25.1 Å². The molecule has 0 bridgehead atoms. The van der Waals surface area contributed by atoms with Crippen molar-refractivity contribution in [1.82, 2.24) is 9.88 Å². The zero-order valence-electron chi connectivity index (χ0n) is 22.1. The first-order chi connectivity index (χ1) is 18.7. The van der Waals surface area contributed by atoms with Gasteiger partial charge in [0.2, 0.25) is 5.30 Å². The summed E-state index contributed by atoms with van der Waals surface area (Å²) in [6.45, 7) is 1.84. The van der Waals surface area contributed by atoms with Crippen LogP contribution in [0.1, 0.15) is 33.7 Å². The lowest BCUT2D eigenvalue weighted by molar-refractivity contribution is -0.0494. The Balaban J connectivity index is 1.71. The predicted octanol–water partition coefficient (Wildman–Crippen LogP) is 5.07. The predicted molar refractivity (Wildman–Crippen MR) is 144 cm³/mol. The molecule has 39 heavy (non-hydrogen) atoms. The first-order valence-corrected chi connectivity index (χ1v) is 14.1. The van der Waals surface area contributed by atoms with Crippen molar-refractivity contribution >= 4 is 19.2 Å². The average Bonchev–Trinajstić information content (AvgIpc) is 2.89. The van der Waals surface area contributed by atoms with E-state index in [1.165, 1.54) is 12.1 Å². The Kier molecular flexibility index (Phi) is 9.58. The topological polar surface area (TPSA) is 90.4 Å². The maximum atomic E-state index is 13.6. The molecule has 0 atom stereocenters. The number of aryl methyl sites for hydroxylation is 2. The first kappa shape index (κ1) is 29.0. The lowest BCUT2D eigenvalue weighted by Gasteiger charge is -2.26. The van der Waals surface area contributed by atoms with Gasteiger partial charge in [-0.25, -0.2) is 4.79 Å². The number of benzene rings is 2. The van der Waals surface area contributed by atoms with Gasteiger partial charge in [0.1, 0.15) is 25.6 Å². The number of pyridine rings is 1. The van der Waals surface area contributed by atoms with Crippen LogP contribution in [0, 0.1) is 13.8 Å². The van der Waals surface area contributed by atoms with Gasteiger partial charge in [-0.05, 0) is 32.5 Å². The minimum atomic E-state index is -3.70. The van der Waals surface area contributed by atoms with Gasteiger partial charge in [-0.3, -0.25) is 9.88 Å². The van der Waals surface area contributed by atoms with Crippen molar-refractivity contribution < 1.29 is 37.0 Å². The number of carbonyl (C=O) groups excluding carboxylic acids is 1. The summed E-state index contributed by atoms with van der Waals surface area (Å²) in [5.74, 6) is -0.876. The van der Waals surface area contributed by atoms with E-state index in [-0.39, 0.29) is 47.6 Å². The molecule has 1 fully saturated rings. The van der Waals surface area contributed by atoms with E-state index in [0.717, 1.165) is 5.56 Å². The summed E-state index contributed by atoms with van der Waals surface area (Å²) in [7, 11) is -1.78. The fourth-order valence-corrected chi connectivity index (χ4v) is 6.57. The Bertz CT molecular complexity index is 1290. The molecule has 2 aromatic carbocycles. The zero-order chi connectivity index (χ0) is 28.0. The minimum Gasteiger partial charge on any atom is -0.461 e. The number of rotatable bonds is 10. The van der Waals surface area contributed by atoms with Crippen LogP contribution < -0.4 is 10.0 Å². The zero-order valence-corrected chi connectivity index (χ0v) is 23.0. The summed E-state index contributed by atoms with van der Waals surface area (Å²) in [5.41, 5.74) is 2.13. The van der Waals surface area contributed by atoms with E-state index in [9.17, 15) is 18.5 Å². The monoisotopic (exact) mass is 561 g/mol. The van der Waals surface area contributed by atoms with Crippen LogP contribution in [0.15, 0.2) is 54.6 Å². The first-order valence-electron chi connectivity index (χ1n) is 12.6. The number of hydrogen-bond acceptors (Lipinski definition) is 8. The highest BCUT2D eigenvalue weighted by Crippen LogP contribution is 2.60. The smallest absolute Gasteiger partial charge is 0.448 e. The number of hydrogen-bond donors (Lipinski definition) is 1. The van der Waals surface area contributed by atoms with Gasteiger partial charge < -0.3 is 9.47 Å². The number of nitrogens with zero attached hydrogens (tertiary/aromatic N) is 2. The summed E-state index contributed by atoms with van der Waals surface area (Å²) in [6, 6.07) is 16.0. The minimum absolute atomic E-state index is 0.0258. The van der Waals surface area contributed by atoms with Crippen molar-refractivity contribution in [3.8, 4) is 16.9 Å².